The highest BCUT2D eigenvalue weighted by atomic mass is 19.1. The lowest BCUT2D eigenvalue weighted by molar-refractivity contribution is -0.384. The van der Waals surface area contributed by atoms with Crippen LogP contribution in [0.4, 0.5) is 15.8 Å². The summed E-state index contributed by atoms with van der Waals surface area (Å²) in [5.74, 6) is -0.320. The maximum atomic E-state index is 13.9. The fraction of sp³-hybridized carbons (Fsp3) is 0.250. The molecule has 0 amide bonds. The van der Waals surface area contributed by atoms with Crippen molar-refractivity contribution in [2.45, 2.75) is 26.3 Å². The predicted octanol–water partition coefficient (Wildman–Crippen LogP) is 4.61. The Labute approximate surface area is 122 Å². The molecule has 0 fully saturated rings. The molecule has 21 heavy (non-hydrogen) atoms. The molecule has 0 radical (unpaired) electrons. The van der Waals surface area contributed by atoms with Crippen molar-refractivity contribution in [1.29, 1.82) is 0 Å². The minimum atomic E-state index is -0.428. The van der Waals surface area contributed by atoms with E-state index >= 15 is 0 Å². The van der Waals surface area contributed by atoms with Crippen LogP contribution in [-0.2, 0) is 0 Å². The van der Waals surface area contributed by atoms with Gasteiger partial charge in [-0.3, -0.25) is 10.1 Å². The van der Waals surface area contributed by atoms with Crippen LogP contribution in [0.2, 0.25) is 0 Å². The van der Waals surface area contributed by atoms with Crippen molar-refractivity contribution >= 4 is 11.4 Å². The Bertz CT molecular complexity index is 658. The molecule has 0 bridgehead atoms. The van der Waals surface area contributed by atoms with Crippen LogP contribution in [0.1, 0.15) is 30.5 Å². The van der Waals surface area contributed by atoms with Crippen molar-refractivity contribution < 1.29 is 9.31 Å². The fourth-order valence-electron chi connectivity index (χ4n) is 2.20. The second-order valence-electron chi connectivity index (χ2n) is 4.94. The van der Waals surface area contributed by atoms with E-state index in [-0.39, 0.29) is 17.5 Å². The Morgan fingerprint density at radius 3 is 2.67 bits per heavy atom. The van der Waals surface area contributed by atoms with Gasteiger partial charge in [-0.2, -0.15) is 0 Å². The summed E-state index contributed by atoms with van der Waals surface area (Å²) in [6, 6.07) is 11.2. The van der Waals surface area contributed by atoms with E-state index in [0.29, 0.717) is 12.1 Å². The van der Waals surface area contributed by atoms with Crippen molar-refractivity contribution in [2.75, 3.05) is 5.32 Å². The van der Waals surface area contributed by atoms with E-state index in [1.807, 2.05) is 19.9 Å². The van der Waals surface area contributed by atoms with Crippen LogP contribution in [0, 0.1) is 22.9 Å². The molecule has 0 saturated heterocycles. The van der Waals surface area contributed by atoms with Crippen molar-refractivity contribution in [3.05, 3.63) is 69.5 Å². The first-order chi connectivity index (χ1) is 10.0. The van der Waals surface area contributed by atoms with Crippen molar-refractivity contribution in [3.63, 3.8) is 0 Å². The van der Waals surface area contributed by atoms with Crippen LogP contribution < -0.4 is 5.32 Å². The van der Waals surface area contributed by atoms with Gasteiger partial charge in [0.05, 0.1) is 16.7 Å². The first-order valence-electron chi connectivity index (χ1n) is 6.78. The molecule has 2 aromatic carbocycles. The number of non-ortho nitro benzene ring substituents is 1. The molecule has 0 spiro atoms. The lowest BCUT2D eigenvalue weighted by Crippen LogP contribution is -2.11. The third-order valence-electron chi connectivity index (χ3n) is 3.35. The molecule has 5 heteroatoms. The van der Waals surface area contributed by atoms with Gasteiger partial charge >= 0.3 is 0 Å². The molecule has 2 aromatic rings. The van der Waals surface area contributed by atoms with Gasteiger partial charge in [0.2, 0.25) is 0 Å². The number of halogens is 1. The molecule has 0 heterocycles. The van der Waals surface area contributed by atoms with E-state index in [1.165, 1.54) is 18.2 Å². The number of benzene rings is 2. The number of nitrogens with zero attached hydrogens (tertiary/aromatic N) is 1. The molecule has 4 nitrogen and oxygen atoms in total. The average Bonchev–Trinajstić information content (AvgIpc) is 2.46. The molecule has 1 N–H and O–H groups in total. The van der Waals surface area contributed by atoms with Crippen LogP contribution in [0.25, 0.3) is 0 Å². The number of nitrogens with one attached hydrogen (secondary N) is 1. The number of anilines is 1. The number of aryl methyl sites for hydroxylation is 1. The molecule has 0 saturated carbocycles. The van der Waals surface area contributed by atoms with Crippen LogP contribution in [0.3, 0.4) is 0 Å². The monoisotopic (exact) mass is 288 g/mol. The summed E-state index contributed by atoms with van der Waals surface area (Å²) in [5, 5.41) is 13.9. The quantitative estimate of drug-likeness (QED) is 0.646. The van der Waals surface area contributed by atoms with Crippen LogP contribution in [0.5, 0.6) is 0 Å². The lowest BCUT2D eigenvalue weighted by atomic mass is 10.0. The number of hydrogen-bond donors (Lipinski definition) is 1. The summed E-state index contributed by atoms with van der Waals surface area (Å²) in [6.07, 6.45) is 0.689. The average molecular weight is 288 g/mol. The van der Waals surface area contributed by atoms with Crippen molar-refractivity contribution in [2.24, 2.45) is 0 Å². The van der Waals surface area contributed by atoms with Gasteiger partial charge in [-0.05, 0) is 36.6 Å². The normalized spacial score (nSPS) is 12.0. The maximum Gasteiger partial charge on any atom is 0.269 e. The fourth-order valence-corrected chi connectivity index (χ4v) is 2.20. The zero-order valence-corrected chi connectivity index (χ0v) is 12.0. The van der Waals surface area contributed by atoms with Gasteiger partial charge in [-0.1, -0.05) is 25.1 Å². The number of rotatable bonds is 5. The van der Waals surface area contributed by atoms with E-state index < -0.39 is 4.92 Å². The smallest absolute Gasteiger partial charge is 0.269 e. The second-order valence-corrected chi connectivity index (χ2v) is 4.94. The third kappa shape index (κ3) is 3.56. The summed E-state index contributed by atoms with van der Waals surface area (Å²) in [4.78, 5) is 10.4. The Morgan fingerprint density at radius 1 is 1.29 bits per heavy atom. The largest absolute Gasteiger partial charge is 0.376 e. The predicted molar refractivity (Wildman–Crippen MR) is 80.9 cm³/mol. The standard InChI is InChI=1S/C16H17FN2O2/c1-3-15(12-5-4-6-13(10-12)19(20)21)18-16-8-7-11(2)9-14(16)17/h4-10,15,18H,3H2,1-2H3. The van der Waals surface area contributed by atoms with Gasteiger partial charge in [0.25, 0.3) is 5.69 Å². The highest BCUT2D eigenvalue weighted by molar-refractivity contribution is 5.49. The number of hydrogen-bond acceptors (Lipinski definition) is 3. The molecular weight excluding hydrogens is 271 g/mol. The molecule has 1 atom stereocenters. The minimum absolute atomic E-state index is 0.0390. The molecule has 0 aromatic heterocycles. The topological polar surface area (TPSA) is 55.2 Å². The first kappa shape index (κ1) is 15.0. The van der Waals surface area contributed by atoms with E-state index in [2.05, 4.69) is 5.32 Å². The van der Waals surface area contributed by atoms with E-state index in [9.17, 15) is 14.5 Å². The van der Waals surface area contributed by atoms with Crippen molar-refractivity contribution in [3.8, 4) is 0 Å². The zero-order valence-electron chi connectivity index (χ0n) is 12.0. The summed E-state index contributed by atoms with van der Waals surface area (Å²) < 4.78 is 13.9. The van der Waals surface area contributed by atoms with Gasteiger partial charge in [-0.15, -0.1) is 0 Å². The van der Waals surface area contributed by atoms with Gasteiger partial charge in [0, 0.05) is 12.1 Å². The van der Waals surface area contributed by atoms with Gasteiger partial charge in [-0.25, -0.2) is 4.39 Å². The maximum absolute atomic E-state index is 13.9. The van der Waals surface area contributed by atoms with Crippen LogP contribution in [0.15, 0.2) is 42.5 Å². The molecule has 1 unspecified atom stereocenters. The summed E-state index contributed by atoms with van der Waals surface area (Å²) in [6.45, 7) is 3.77. The molecule has 110 valence electrons. The van der Waals surface area contributed by atoms with Gasteiger partial charge < -0.3 is 5.32 Å². The van der Waals surface area contributed by atoms with Gasteiger partial charge in [0.15, 0.2) is 0 Å². The minimum Gasteiger partial charge on any atom is -0.376 e. The number of nitro groups is 1. The van der Waals surface area contributed by atoms with E-state index in [1.54, 1.807) is 18.2 Å². The highest BCUT2D eigenvalue weighted by Crippen LogP contribution is 2.27. The van der Waals surface area contributed by atoms with Crippen molar-refractivity contribution in [1.82, 2.24) is 0 Å². The van der Waals surface area contributed by atoms with Crippen LogP contribution in [-0.4, -0.2) is 4.92 Å². The SMILES string of the molecule is CCC(Nc1ccc(C)cc1F)c1cccc([N+](=O)[O-])c1. The Morgan fingerprint density at radius 2 is 2.05 bits per heavy atom. The lowest BCUT2D eigenvalue weighted by Gasteiger charge is -2.19. The molecule has 0 aliphatic heterocycles. The third-order valence-corrected chi connectivity index (χ3v) is 3.35. The van der Waals surface area contributed by atoms with E-state index in [4.69, 9.17) is 0 Å². The Kier molecular flexibility index (Phi) is 4.52. The first-order valence-corrected chi connectivity index (χ1v) is 6.78. The van der Waals surface area contributed by atoms with E-state index in [0.717, 1.165) is 11.1 Å². The summed E-state index contributed by atoms with van der Waals surface area (Å²) >= 11 is 0. The highest BCUT2D eigenvalue weighted by Gasteiger charge is 2.14. The molecule has 2 rings (SSSR count). The second kappa shape index (κ2) is 6.35. The Balaban J connectivity index is 2.27. The summed E-state index contributed by atoms with van der Waals surface area (Å²) in [7, 11) is 0. The molecule has 0 aliphatic carbocycles. The Hall–Kier alpha value is -2.43. The molecular formula is C16H17FN2O2. The van der Waals surface area contributed by atoms with Gasteiger partial charge in [0.1, 0.15) is 5.82 Å². The molecule has 0 aliphatic rings. The number of nitro benzene ring substituents is 1. The zero-order chi connectivity index (χ0) is 15.4. The summed E-state index contributed by atoms with van der Waals surface area (Å²) in [5.41, 5.74) is 2.06. The van der Waals surface area contributed by atoms with Crippen LogP contribution >= 0.6 is 0 Å².